The van der Waals surface area contributed by atoms with Crippen molar-refractivity contribution >= 4 is 23.6 Å². The van der Waals surface area contributed by atoms with E-state index in [1.54, 1.807) is 36.6 Å². The lowest BCUT2D eigenvalue weighted by Gasteiger charge is -2.27. The van der Waals surface area contributed by atoms with Gasteiger partial charge in [-0.3, -0.25) is 4.79 Å². The van der Waals surface area contributed by atoms with Crippen LogP contribution < -0.4 is 0 Å². The second-order valence-electron chi connectivity index (χ2n) is 5.45. The average Bonchev–Trinajstić information content (AvgIpc) is 3.03. The lowest BCUT2D eigenvalue weighted by molar-refractivity contribution is -0.141. The number of amides is 1. The minimum atomic E-state index is -0.924. The second kappa shape index (κ2) is 4.84. The Bertz CT molecular complexity index is 564. The molecule has 3 rings (SSSR count). The van der Waals surface area contributed by atoms with Crippen molar-refractivity contribution in [2.45, 2.75) is 38.1 Å². The highest BCUT2D eigenvalue weighted by molar-refractivity contribution is 8.00. The van der Waals surface area contributed by atoms with Gasteiger partial charge in [-0.1, -0.05) is 0 Å². The Morgan fingerprint density at radius 3 is 2.60 bits per heavy atom. The molecule has 2 fully saturated rings. The minimum Gasteiger partial charge on any atom is -0.480 e. The van der Waals surface area contributed by atoms with E-state index in [9.17, 15) is 14.7 Å². The molecular weight excluding hydrogens is 278 g/mol. The molecule has 1 aliphatic carbocycles. The zero-order valence-electron chi connectivity index (χ0n) is 11.5. The molecule has 2 unspecified atom stereocenters. The maximum Gasteiger partial charge on any atom is 0.327 e. The summed E-state index contributed by atoms with van der Waals surface area (Å²) in [5.41, 5.74) is 0.488. The summed E-state index contributed by atoms with van der Waals surface area (Å²) in [6.45, 7) is 3.53. The van der Waals surface area contributed by atoms with Gasteiger partial charge in [-0.15, -0.1) is 11.8 Å². The zero-order valence-corrected chi connectivity index (χ0v) is 12.3. The third-order valence-corrected chi connectivity index (χ3v) is 5.31. The van der Waals surface area contributed by atoms with Crippen molar-refractivity contribution in [2.24, 2.45) is 5.92 Å². The number of rotatable bonds is 3. The van der Waals surface area contributed by atoms with Gasteiger partial charge >= 0.3 is 5.97 Å². The number of carbonyl (C=O) groups excluding carboxylic acids is 1. The van der Waals surface area contributed by atoms with Crippen LogP contribution in [0.3, 0.4) is 0 Å². The molecule has 5 nitrogen and oxygen atoms in total. The molecule has 1 saturated heterocycles. The van der Waals surface area contributed by atoms with Crippen LogP contribution in [-0.2, 0) is 4.79 Å². The quantitative estimate of drug-likeness (QED) is 0.926. The molecular formula is C14H17NO4S. The Morgan fingerprint density at radius 2 is 2.10 bits per heavy atom. The Kier molecular flexibility index (Phi) is 3.28. The number of carboxylic acids is 1. The lowest BCUT2D eigenvalue weighted by atomic mass is 10.1. The first-order chi connectivity index (χ1) is 9.49. The molecule has 1 aromatic rings. The van der Waals surface area contributed by atoms with Gasteiger partial charge in [0.05, 0.1) is 10.9 Å². The number of aryl methyl sites for hydroxylation is 2. The fraction of sp³-hybridized carbons (Fsp3) is 0.571. The summed E-state index contributed by atoms with van der Waals surface area (Å²) in [6, 6.07) is 0.969. The van der Waals surface area contributed by atoms with E-state index >= 15 is 0 Å². The molecule has 2 atom stereocenters. The van der Waals surface area contributed by atoms with Crippen LogP contribution in [0.25, 0.3) is 0 Å². The number of carboxylic acid groups (broad SMARTS) is 1. The van der Waals surface area contributed by atoms with E-state index < -0.39 is 12.0 Å². The van der Waals surface area contributed by atoms with Crippen molar-refractivity contribution in [2.75, 3.05) is 5.75 Å². The van der Waals surface area contributed by atoms with Crippen LogP contribution in [0.4, 0.5) is 0 Å². The van der Waals surface area contributed by atoms with Gasteiger partial charge in [0.15, 0.2) is 0 Å². The molecule has 20 heavy (non-hydrogen) atoms. The Balaban J connectivity index is 1.92. The molecule has 1 N–H and O–H groups in total. The SMILES string of the molecule is Cc1cc(C(=O)N2C(C(=O)O)CSC2C2CC2)c(C)o1. The van der Waals surface area contributed by atoms with Gasteiger partial charge in [-0.25, -0.2) is 4.79 Å². The third kappa shape index (κ3) is 2.22. The molecule has 0 radical (unpaired) electrons. The summed E-state index contributed by atoms with van der Waals surface area (Å²) in [6.07, 6.45) is 2.16. The van der Waals surface area contributed by atoms with E-state index in [2.05, 4.69) is 0 Å². The highest BCUT2D eigenvalue weighted by Gasteiger charge is 2.48. The zero-order chi connectivity index (χ0) is 14.4. The largest absolute Gasteiger partial charge is 0.480 e. The van der Waals surface area contributed by atoms with Crippen LogP contribution in [-0.4, -0.2) is 39.1 Å². The summed E-state index contributed by atoms with van der Waals surface area (Å²) in [7, 11) is 0. The molecule has 2 heterocycles. The first-order valence-electron chi connectivity index (χ1n) is 6.73. The van der Waals surface area contributed by atoms with Gasteiger partial charge in [0.25, 0.3) is 5.91 Å². The summed E-state index contributed by atoms with van der Waals surface area (Å²) in [5, 5.41) is 9.34. The van der Waals surface area contributed by atoms with E-state index in [1.165, 1.54) is 0 Å². The number of thioether (sulfide) groups is 1. The minimum absolute atomic E-state index is 0.00166. The number of furan rings is 1. The van der Waals surface area contributed by atoms with E-state index in [4.69, 9.17) is 4.42 Å². The van der Waals surface area contributed by atoms with E-state index in [-0.39, 0.29) is 11.3 Å². The molecule has 6 heteroatoms. The van der Waals surface area contributed by atoms with Gasteiger partial charge in [-0.2, -0.15) is 0 Å². The van der Waals surface area contributed by atoms with E-state index in [0.29, 0.717) is 28.8 Å². The van der Waals surface area contributed by atoms with Gasteiger partial charge < -0.3 is 14.4 Å². The number of hydrogen-bond acceptors (Lipinski definition) is 4. The van der Waals surface area contributed by atoms with E-state index in [0.717, 1.165) is 12.8 Å². The van der Waals surface area contributed by atoms with Crippen molar-refractivity contribution in [3.63, 3.8) is 0 Å². The summed E-state index contributed by atoms with van der Waals surface area (Å²) in [4.78, 5) is 25.7. The van der Waals surface area contributed by atoms with Crippen molar-refractivity contribution < 1.29 is 19.1 Å². The predicted octanol–water partition coefficient (Wildman–Crippen LogP) is 2.27. The van der Waals surface area contributed by atoms with Crippen LogP contribution in [0.15, 0.2) is 10.5 Å². The monoisotopic (exact) mass is 295 g/mol. The molecule has 0 bridgehead atoms. The van der Waals surface area contributed by atoms with Crippen molar-refractivity contribution in [3.8, 4) is 0 Å². The third-order valence-electron chi connectivity index (χ3n) is 3.85. The molecule has 0 aromatic carbocycles. The molecule has 1 aliphatic heterocycles. The number of nitrogens with zero attached hydrogens (tertiary/aromatic N) is 1. The van der Waals surface area contributed by atoms with Gasteiger partial charge in [0, 0.05) is 5.75 Å². The van der Waals surface area contributed by atoms with E-state index in [1.807, 2.05) is 0 Å². The number of hydrogen-bond donors (Lipinski definition) is 1. The van der Waals surface area contributed by atoms with Crippen LogP contribution in [0.5, 0.6) is 0 Å². The molecule has 108 valence electrons. The topological polar surface area (TPSA) is 70.8 Å². The smallest absolute Gasteiger partial charge is 0.327 e. The van der Waals surface area contributed by atoms with Crippen LogP contribution in [0, 0.1) is 19.8 Å². The van der Waals surface area contributed by atoms with Crippen molar-refractivity contribution in [1.29, 1.82) is 0 Å². The van der Waals surface area contributed by atoms with Crippen LogP contribution >= 0.6 is 11.8 Å². The summed E-state index contributed by atoms with van der Waals surface area (Å²) < 4.78 is 5.40. The van der Waals surface area contributed by atoms with Crippen LogP contribution in [0.2, 0.25) is 0 Å². The summed E-state index contributed by atoms with van der Waals surface area (Å²) >= 11 is 1.59. The fourth-order valence-electron chi connectivity index (χ4n) is 2.70. The first kappa shape index (κ1) is 13.5. The maximum atomic E-state index is 12.7. The normalized spacial score (nSPS) is 26.0. The maximum absolute atomic E-state index is 12.7. The molecule has 1 saturated carbocycles. The first-order valence-corrected chi connectivity index (χ1v) is 7.78. The molecule has 2 aliphatic rings. The van der Waals surface area contributed by atoms with Crippen molar-refractivity contribution in [1.82, 2.24) is 4.90 Å². The molecule has 1 amide bonds. The van der Waals surface area contributed by atoms with Gasteiger partial charge in [0.1, 0.15) is 17.6 Å². The average molecular weight is 295 g/mol. The predicted molar refractivity (Wildman–Crippen MR) is 74.7 cm³/mol. The van der Waals surface area contributed by atoms with Crippen LogP contribution in [0.1, 0.15) is 34.7 Å². The summed E-state index contributed by atoms with van der Waals surface area (Å²) in [5.74, 6) is 1.01. The Hall–Kier alpha value is -1.43. The number of carbonyl (C=O) groups is 2. The standard InChI is InChI=1S/C14H17NO4S/c1-7-5-10(8(2)19-7)12(16)15-11(14(17)18)6-20-13(15)9-3-4-9/h5,9,11,13H,3-4,6H2,1-2H3,(H,17,18). The Morgan fingerprint density at radius 1 is 1.40 bits per heavy atom. The highest BCUT2D eigenvalue weighted by Crippen LogP contribution is 2.46. The Labute approximate surface area is 121 Å². The lowest BCUT2D eigenvalue weighted by Crippen LogP contribution is -2.46. The van der Waals surface area contributed by atoms with Gasteiger partial charge in [0.2, 0.25) is 0 Å². The highest BCUT2D eigenvalue weighted by atomic mass is 32.2. The number of aliphatic carboxylic acids is 1. The molecule has 0 spiro atoms. The molecule has 1 aromatic heterocycles. The van der Waals surface area contributed by atoms with Gasteiger partial charge in [-0.05, 0) is 38.7 Å². The fourth-order valence-corrected chi connectivity index (χ4v) is 4.33. The van der Waals surface area contributed by atoms with Crippen molar-refractivity contribution in [3.05, 3.63) is 23.2 Å². The second-order valence-corrected chi connectivity index (χ2v) is 6.60.